The first-order chi connectivity index (χ1) is 15.7. The normalized spacial score (nSPS) is 11.7. The van der Waals surface area contributed by atoms with E-state index in [1.807, 2.05) is 23.5 Å². The van der Waals surface area contributed by atoms with Gasteiger partial charge in [-0.25, -0.2) is 0 Å². The van der Waals surface area contributed by atoms with E-state index in [9.17, 15) is 0 Å². The van der Waals surface area contributed by atoms with Crippen LogP contribution in [-0.2, 0) is 0 Å². The first kappa shape index (κ1) is 19.7. The average molecular weight is 447 g/mol. The van der Waals surface area contributed by atoms with Crippen LogP contribution in [0.4, 0.5) is 0 Å². The second kappa shape index (κ2) is 7.88. The van der Waals surface area contributed by atoms with Crippen molar-refractivity contribution in [2.45, 2.75) is 33.4 Å². The van der Waals surface area contributed by atoms with E-state index in [-0.39, 0.29) is 0 Å². The molecule has 0 amide bonds. The van der Waals surface area contributed by atoms with Gasteiger partial charge in [0, 0.05) is 19.6 Å². The van der Waals surface area contributed by atoms with Crippen molar-refractivity contribution in [1.82, 2.24) is 0 Å². The van der Waals surface area contributed by atoms with Crippen molar-refractivity contribution in [3.8, 4) is 0 Å². The third kappa shape index (κ3) is 3.26. The molecular weight excluding hydrogens is 424 g/mol. The number of benzene rings is 6. The maximum absolute atomic E-state index is 2.35. The molecule has 0 aliphatic carbocycles. The SMILES string of the molecule is Cc1cc(Sc2ccccc2)c2ccc3c(C)cc(Sc4ccccc4)c4ccc1c2c34. The second-order valence-electron chi connectivity index (χ2n) is 8.28. The monoisotopic (exact) mass is 446 g/mol. The molecule has 0 nitrogen and oxygen atoms in total. The fraction of sp³-hybridized carbons (Fsp3) is 0.0667. The predicted octanol–water partition coefficient (Wildman–Crippen LogP) is 9.50. The zero-order valence-electron chi connectivity index (χ0n) is 18.1. The van der Waals surface area contributed by atoms with Gasteiger partial charge in [-0.1, -0.05) is 84.2 Å². The molecule has 6 rings (SSSR count). The fourth-order valence-electron chi connectivity index (χ4n) is 4.67. The highest BCUT2D eigenvalue weighted by molar-refractivity contribution is 7.99. The Morgan fingerprint density at radius 3 is 1.22 bits per heavy atom. The minimum atomic E-state index is 1.28. The van der Waals surface area contributed by atoms with Gasteiger partial charge in [-0.05, 0) is 93.7 Å². The fourth-order valence-corrected chi connectivity index (χ4v) is 6.79. The summed E-state index contributed by atoms with van der Waals surface area (Å²) in [4.78, 5) is 5.21. The van der Waals surface area contributed by atoms with E-state index in [1.54, 1.807) is 0 Å². The minimum Gasteiger partial charge on any atom is -0.0894 e. The molecule has 0 aromatic heterocycles. The highest BCUT2D eigenvalue weighted by Gasteiger charge is 2.17. The van der Waals surface area contributed by atoms with Crippen molar-refractivity contribution in [2.75, 3.05) is 0 Å². The molecule has 6 aromatic carbocycles. The van der Waals surface area contributed by atoms with E-state index in [0.717, 1.165) is 0 Å². The lowest BCUT2D eigenvalue weighted by atomic mass is 9.90. The van der Waals surface area contributed by atoms with Crippen LogP contribution in [0.1, 0.15) is 11.1 Å². The number of rotatable bonds is 4. The molecular formula is C30H22S2. The summed E-state index contributed by atoms with van der Waals surface area (Å²) < 4.78 is 0. The van der Waals surface area contributed by atoms with E-state index < -0.39 is 0 Å². The summed E-state index contributed by atoms with van der Waals surface area (Å²) in [7, 11) is 0. The largest absolute Gasteiger partial charge is 0.0894 e. The van der Waals surface area contributed by atoms with Gasteiger partial charge in [0.1, 0.15) is 0 Å². The molecule has 0 atom stereocenters. The summed E-state index contributed by atoms with van der Waals surface area (Å²) in [6, 6.07) is 35.4. The Morgan fingerprint density at radius 1 is 0.438 bits per heavy atom. The maximum Gasteiger partial charge on any atom is 0.0204 e. The molecule has 0 aliphatic rings. The average Bonchev–Trinajstić information content (AvgIpc) is 2.82. The molecule has 0 aliphatic heterocycles. The van der Waals surface area contributed by atoms with Crippen LogP contribution in [0.3, 0.4) is 0 Å². The summed E-state index contributed by atoms with van der Waals surface area (Å²) in [5.74, 6) is 0. The summed E-state index contributed by atoms with van der Waals surface area (Å²) >= 11 is 3.72. The molecule has 0 unspecified atom stereocenters. The Labute approximate surface area is 197 Å². The standard InChI is InChI=1S/C30H22S2/c1-19-17-27(31-21-9-5-3-6-10-21)25-16-14-24-20(2)18-28(32-22-11-7-4-8-12-22)26-15-13-23(19)29(25)30(24)26/h3-18H,1-2H3. The summed E-state index contributed by atoms with van der Waals surface area (Å²) in [5.41, 5.74) is 2.67. The van der Waals surface area contributed by atoms with Gasteiger partial charge in [0.2, 0.25) is 0 Å². The second-order valence-corrected chi connectivity index (χ2v) is 10.5. The molecule has 0 N–H and O–H groups in total. The van der Waals surface area contributed by atoms with Crippen molar-refractivity contribution < 1.29 is 0 Å². The topological polar surface area (TPSA) is 0 Å². The summed E-state index contributed by atoms with van der Waals surface area (Å²) in [6.45, 7) is 4.49. The van der Waals surface area contributed by atoms with Gasteiger partial charge in [0.15, 0.2) is 0 Å². The minimum absolute atomic E-state index is 1.28. The number of hydrogen-bond donors (Lipinski definition) is 0. The number of hydrogen-bond acceptors (Lipinski definition) is 2. The molecule has 0 fully saturated rings. The molecule has 0 saturated heterocycles. The van der Waals surface area contributed by atoms with Gasteiger partial charge in [-0.3, -0.25) is 0 Å². The Morgan fingerprint density at radius 2 is 0.812 bits per heavy atom. The molecule has 0 saturated carbocycles. The van der Waals surface area contributed by atoms with E-state index in [4.69, 9.17) is 0 Å². The quantitative estimate of drug-likeness (QED) is 0.247. The van der Waals surface area contributed by atoms with Crippen molar-refractivity contribution in [2.24, 2.45) is 0 Å². The molecule has 6 aromatic rings. The van der Waals surface area contributed by atoms with Gasteiger partial charge >= 0.3 is 0 Å². The van der Waals surface area contributed by atoms with Gasteiger partial charge < -0.3 is 0 Å². The third-order valence-corrected chi connectivity index (χ3v) is 8.31. The van der Waals surface area contributed by atoms with Crippen molar-refractivity contribution in [1.29, 1.82) is 0 Å². The Balaban J connectivity index is 1.64. The highest BCUT2D eigenvalue weighted by atomic mass is 32.2. The van der Waals surface area contributed by atoms with E-state index in [0.29, 0.717) is 0 Å². The predicted molar refractivity (Wildman–Crippen MR) is 141 cm³/mol. The van der Waals surface area contributed by atoms with Crippen LogP contribution < -0.4 is 0 Å². The molecule has 0 heterocycles. The first-order valence-electron chi connectivity index (χ1n) is 10.9. The molecule has 32 heavy (non-hydrogen) atoms. The van der Waals surface area contributed by atoms with Crippen molar-refractivity contribution >= 4 is 55.8 Å². The zero-order chi connectivity index (χ0) is 21.7. The lowest BCUT2D eigenvalue weighted by Gasteiger charge is -2.19. The molecule has 154 valence electrons. The van der Waals surface area contributed by atoms with E-state index in [1.165, 1.54) is 63.0 Å². The van der Waals surface area contributed by atoms with Crippen molar-refractivity contribution in [3.05, 3.63) is 108 Å². The van der Waals surface area contributed by atoms with Crippen LogP contribution in [0.25, 0.3) is 32.3 Å². The first-order valence-corrected chi connectivity index (χ1v) is 12.5. The maximum atomic E-state index is 2.35. The molecule has 0 spiro atoms. The van der Waals surface area contributed by atoms with Crippen LogP contribution in [0.2, 0.25) is 0 Å². The molecule has 0 bridgehead atoms. The zero-order valence-corrected chi connectivity index (χ0v) is 19.7. The Kier molecular flexibility index (Phi) is 4.86. The van der Waals surface area contributed by atoms with Gasteiger partial charge in [-0.15, -0.1) is 0 Å². The van der Waals surface area contributed by atoms with Gasteiger partial charge in [-0.2, -0.15) is 0 Å². The van der Waals surface area contributed by atoms with Crippen LogP contribution >= 0.6 is 23.5 Å². The van der Waals surface area contributed by atoms with Crippen molar-refractivity contribution in [3.63, 3.8) is 0 Å². The lowest BCUT2D eigenvalue weighted by molar-refractivity contribution is 1.40. The summed E-state index contributed by atoms with van der Waals surface area (Å²) in [6.07, 6.45) is 0. The van der Waals surface area contributed by atoms with Crippen LogP contribution in [-0.4, -0.2) is 0 Å². The van der Waals surface area contributed by atoms with Gasteiger partial charge in [0.05, 0.1) is 0 Å². The van der Waals surface area contributed by atoms with Crippen LogP contribution in [0.5, 0.6) is 0 Å². The van der Waals surface area contributed by atoms with Gasteiger partial charge in [0.25, 0.3) is 0 Å². The van der Waals surface area contributed by atoms with E-state index >= 15 is 0 Å². The lowest BCUT2D eigenvalue weighted by Crippen LogP contribution is -1.92. The van der Waals surface area contributed by atoms with Crippen LogP contribution in [0, 0.1) is 13.8 Å². The van der Waals surface area contributed by atoms with Crippen LogP contribution in [0.15, 0.2) is 117 Å². The highest BCUT2D eigenvalue weighted by Crippen LogP contribution is 2.46. The molecule has 0 radical (unpaired) electrons. The third-order valence-electron chi connectivity index (χ3n) is 6.18. The summed E-state index contributed by atoms with van der Waals surface area (Å²) in [5, 5.41) is 8.21. The molecule has 2 heteroatoms. The Hall–Kier alpha value is -2.94. The smallest absolute Gasteiger partial charge is 0.0204 e. The Bertz CT molecular complexity index is 1450. The number of aryl methyl sites for hydroxylation is 2. The van der Waals surface area contributed by atoms with E-state index in [2.05, 4.69) is 111 Å².